The summed E-state index contributed by atoms with van der Waals surface area (Å²) in [4.78, 5) is 14.8. The van der Waals surface area contributed by atoms with E-state index in [4.69, 9.17) is 4.74 Å². The van der Waals surface area contributed by atoms with Crippen molar-refractivity contribution in [2.45, 2.75) is 33.1 Å². The van der Waals surface area contributed by atoms with E-state index in [1.54, 1.807) is 4.68 Å². The summed E-state index contributed by atoms with van der Waals surface area (Å²) in [6, 6.07) is 15.9. The van der Waals surface area contributed by atoms with Crippen LogP contribution in [-0.4, -0.2) is 50.7 Å². The molecule has 0 spiro atoms. The molecule has 1 amide bonds. The molecule has 7 nitrogen and oxygen atoms in total. The van der Waals surface area contributed by atoms with E-state index in [0.29, 0.717) is 18.9 Å². The van der Waals surface area contributed by atoms with Crippen LogP contribution >= 0.6 is 0 Å². The second-order valence-electron chi connectivity index (χ2n) is 7.91. The van der Waals surface area contributed by atoms with Gasteiger partial charge in [-0.3, -0.25) is 4.79 Å². The number of likely N-dealkylation sites (tertiary alicyclic amines) is 1. The molecule has 0 bridgehead atoms. The fourth-order valence-corrected chi connectivity index (χ4v) is 3.87. The number of rotatable bonds is 6. The number of aryl methyl sites for hydroxylation is 2. The average molecular weight is 406 g/mol. The van der Waals surface area contributed by atoms with E-state index in [9.17, 15) is 4.79 Å². The van der Waals surface area contributed by atoms with Gasteiger partial charge in [-0.2, -0.15) is 4.68 Å². The van der Waals surface area contributed by atoms with Crippen molar-refractivity contribution in [1.82, 2.24) is 25.1 Å². The van der Waals surface area contributed by atoms with Crippen LogP contribution in [0.2, 0.25) is 0 Å². The number of aromatic nitrogens is 4. The molecule has 0 N–H and O–H groups in total. The van der Waals surface area contributed by atoms with Crippen LogP contribution < -0.4 is 4.74 Å². The van der Waals surface area contributed by atoms with Crippen LogP contribution in [0.1, 0.15) is 29.8 Å². The maximum atomic E-state index is 12.9. The Hall–Kier alpha value is -3.22. The lowest BCUT2D eigenvalue weighted by Crippen LogP contribution is -2.42. The van der Waals surface area contributed by atoms with Crippen LogP contribution in [0.5, 0.6) is 5.75 Å². The van der Waals surface area contributed by atoms with Crippen LogP contribution in [0.15, 0.2) is 48.5 Å². The second kappa shape index (κ2) is 9.07. The van der Waals surface area contributed by atoms with Crippen molar-refractivity contribution in [3.8, 4) is 11.4 Å². The van der Waals surface area contributed by atoms with Crippen molar-refractivity contribution in [1.29, 1.82) is 0 Å². The molecule has 1 fully saturated rings. The normalized spacial score (nSPS) is 16.5. The maximum Gasteiger partial charge on any atom is 0.227 e. The van der Waals surface area contributed by atoms with Gasteiger partial charge in [0.2, 0.25) is 5.91 Å². The molecule has 156 valence electrons. The molecule has 0 aliphatic carbocycles. The summed E-state index contributed by atoms with van der Waals surface area (Å²) < 4.78 is 7.70. The third kappa shape index (κ3) is 4.67. The highest BCUT2D eigenvalue weighted by molar-refractivity contribution is 5.79. The second-order valence-corrected chi connectivity index (χ2v) is 7.91. The van der Waals surface area contributed by atoms with E-state index in [2.05, 4.69) is 28.5 Å². The fraction of sp³-hybridized carbons (Fsp3) is 0.391. The van der Waals surface area contributed by atoms with E-state index in [1.165, 1.54) is 0 Å². The van der Waals surface area contributed by atoms with Crippen LogP contribution in [0.3, 0.4) is 0 Å². The zero-order chi connectivity index (χ0) is 20.9. The Morgan fingerprint density at radius 1 is 1.13 bits per heavy atom. The van der Waals surface area contributed by atoms with E-state index >= 15 is 0 Å². The Bertz CT molecular complexity index is 999. The summed E-state index contributed by atoms with van der Waals surface area (Å²) in [5.74, 6) is 2.19. The molecule has 2 heterocycles. The Balaban J connectivity index is 1.32. The molecule has 30 heavy (non-hydrogen) atoms. The molecule has 1 aliphatic rings. The van der Waals surface area contributed by atoms with Crippen molar-refractivity contribution >= 4 is 5.91 Å². The van der Waals surface area contributed by atoms with Gasteiger partial charge in [-0.25, -0.2) is 0 Å². The highest BCUT2D eigenvalue weighted by atomic mass is 16.5. The number of tetrazole rings is 1. The summed E-state index contributed by atoms with van der Waals surface area (Å²) >= 11 is 0. The average Bonchev–Trinajstić information content (AvgIpc) is 3.20. The maximum absolute atomic E-state index is 12.9. The predicted octanol–water partition coefficient (Wildman–Crippen LogP) is 3.14. The van der Waals surface area contributed by atoms with Crippen LogP contribution in [0.4, 0.5) is 0 Å². The van der Waals surface area contributed by atoms with Crippen molar-refractivity contribution < 1.29 is 9.53 Å². The number of carbonyl (C=O) groups is 1. The summed E-state index contributed by atoms with van der Waals surface area (Å²) in [5.41, 5.74) is 3.02. The molecule has 1 aliphatic heterocycles. The van der Waals surface area contributed by atoms with Gasteiger partial charge >= 0.3 is 0 Å². The first-order valence-electron chi connectivity index (χ1n) is 10.4. The molecule has 1 saturated heterocycles. The summed E-state index contributed by atoms with van der Waals surface area (Å²) in [6.07, 6.45) is 2.51. The van der Waals surface area contributed by atoms with Crippen LogP contribution in [-0.2, 0) is 11.2 Å². The number of carbonyl (C=O) groups excluding carboxylic acids is 1. The molecule has 1 aromatic heterocycles. The molecular formula is C23H27N5O2. The molecule has 0 radical (unpaired) electrons. The fourth-order valence-electron chi connectivity index (χ4n) is 3.87. The van der Waals surface area contributed by atoms with Gasteiger partial charge in [0.05, 0.1) is 18.7 Å². The third-order valence-electron chi connectivity index (χ3n) is 5.60. The van der Waals surface area contributed by atoms with Crippen LogP contribution in [0, 0.1) is 19.8 Å². The number of hydrogen-bond donors (Lipinski definition) is 0. The molecule has 2 aromatic carbocycles. The molecule has 4 rings (SSSR count). The van der Waals surface area contributed by atoms with E-state index in [-0.39, 0.29) is 5.91 Å². The van der Waals surface area contributed by atoms with E-state index < -0.39 is 0 Å². The van der Waals surface area contributed by atoms with Crippen molar-refractivity contribution in [2.75, 3.05) is 19.7 Å². The minimum Gasteiger partial charge on any atom is -0.493 e. The molecule has 7 heteroatoms. The quantitative estimate of drug-likeness (QED) is 0.630. The number of amides is 1. The first-order chi connectivity index (χ1) is 14.6. The van der Waals surface area contributed by atoms with Crippen molar-refractivity contribution in [3.63, 3.8) is 0 Å². The van der Waals surface area contributed by atoms with E-state index in [0.717, 1.165) is 54.3 Å². The Kier molecular flexibility index (Phi) is 6.07. The number of ether oxygens (including phenoxy) is 1. The molecular weight excluding hydrogens is 378 g/mol. The number of benzene rings is 2. The number of para-hydroxylation sites is 1. The lowest BCUT2D eigenvalue weighted by Gasteiger charge is -2.33. The van der Waals surface area contributed by atoms with Gasteiger partial charge in [-0.15, -0.1) is 5.10 Å². The summed E-state index contributed by atoms with van der Waals surface area (Å²) in [5, 5.41) is 11.5. The third-order valence-corrected chi connectivity index (χ3v) is 5.60. The Morgan fingerprint density at radius 2 is 1.93 bits per heavy atom. The summed E-state index contributed by atoms with van der Waals surface area (Å²) in [7, 11) is 0. The minimum absolute atomic E-state index is 0.168. The number of piperidine rings is 1. The Morgan fingerprint density at radius 3 is 2.67 bits per heavy atom. The first-order valence-corrected chi connectivity index (χ1v) is 10.4. The molecule has 1 atom stereocenters. The lowest BCUT2D eigenvalue weighted by atomic mass is 9.98. The van der Waals surface area contributed by atoms with Gasteiger partial charge < -0.3 is 9.64 Å². The zero-order valence-corrected chi connectivity index (χ0v) is 17.5. The largest absolute Gasteiger partial charge is 0.493 e. The highest BCUT2D eigenvalue weighted by Crippen LogP contribution is 2.22. The van der Waals surface area contributed by atoms with Gasteiger partial charge in [0, 0.05) is 19.0 Å². The summed E-state index contributed by atoms with van der Waals surface area (Å²) in [6.45, 7) is 6.13. The van der Waals surface area contributed by atoms with Crippen molar-refractivity contribution in [2.24, 2.45) is 5.92 Å². The molecule has 0 unspecified atom stereocenters. The smallest absolute Gasteiger partial charge is 0.227 e. The topological polar surface area (TPSA) is 73.1 Å². The predicted molar refractivity (Wildman–Crippen MR) is 114 cm³/mol. The monoisotopic (exact) mass is 405 g/mol. The van der Waals surface area contributed by atoms with Crippen molar-refractivity contribution in [3.05, 3.63) is 65.5 Å². The highest BCUT2D eigenvalue weighted by Gasteiger charge is 2.24. The zero-order valence-electron chi connectivity index (χ0n) is 17.5. The molecule has 0 saturated carbocycles. The van der Waals surface area contributed by atoms with Gasteiger partial charge in [0.1, 0.15) is 5.75 Å². The number of hydrogen-bond acceptors (Lipinski definition) is 5. The van der Waals surface area contributed by atoms with E-state index in [1.807, 2.05) is 54.3 Å². The standard InChI is InChI=1S/C23H27N5O2/c1-17-6-3-4-8-22(17)30-16-20-7-5-13-27(15-20)23(29)14-19-9-11-21(12-10-19)28-18(2)24-25-26-28/h3-4,6,8-12,20H,5,7,13-16H2,1-2H3/t20-/m1/s1. The Labute approximate surface area is 176 Å². The van der Waals surface area contributed by atoms with Gasteiger partial charge in [-0.1, -0.05) is 30.3 Å². The molecule has 3 aromatic rings. The van der Waals surface area contributed by atoms with Gasteiger partial charge in [0.15, 0.2) is 5.82 Å². The number of nitrogens with zero attached hydrogens (tertiary/aromatic N) is 5. The first kappa shape index (κ1) is 20.1. The van der Waals surface area contributed by atoms with Gasteiger partial charge in [0.25, 0.3) is 0 Å². The van der Waals surface area contributed by atoms with Crippen LogP contribution in [0.25, 0.3) is 5.69 Å². The minimum atomic E-state index is 0.168. The lowest BCUT2D eigenvalue weighted by molar-refractivity contribution is -0.132. The van der Waals surface area contributed by atoms with Gasteiger partial charge in [-0.05, 0) is 66.4 Å². The SMILES string of the molecule is Cc1ccccc1OC[C@@H]1CCCN(C(=O)Cc2ccc(-n3nnnc3C)cc2)C1.